The molecule has 0 saturated carbocycles. The number of amides is 1. The quantitative estimate of drug-likeness (QED) is 0.461. The third kappa shape index (κ3) is 3.93. The maximum atomic E-state index is 13.3. The zero-order valence-corrected chi connectivity index (χ0v) is 17.1. The second-order valence-corrected chi connectivity index (χ2v) is 7.64. The van der Waals surface area contributed by atoms with Crippen LogP contribution in [0.25, 0.3) is 16.9 Å². The number of rotatable bonds is 6. The maximum Gasteiger partial charge on any atom is 0.257 e. The summed E-state index contributed by atoms with van der Waals surface area (Å²) in [5.74, 6) is 0.599. The molecule has 29 heavy (non-hydrogen) atoms. The highest BCUT2D eigenvalue weighted by Crippen LogP contribution is 2.32. The minimum absolute atomic E-state index is 0.0820. The number of benzene rings is 2. The van der Waals surface area contributed by atoms with E-state index in [4.69, 9.17) is 9.84 Å². The Hall–Kier alpha value is -3.38. The molecule has 0 N–H and O–H groups in total. The molecule has 0 aliphatic rings. The smallest absolute Gasteiger partial charge is 0.257 e. The minimum Gasteiger partial charge on any atom is -0.496 e. The van der Waals surface area contributed by atoms with Crippen molar-refractivity contribution in [3.63, 3.8) is 0 Å². The van der Waals surface area contributed by atoms with Gasteiger partial charge < -0.3 is 9.64 Å². The van der Waals surface area contributed by atoms with E-state index < -0.39 is 0 Å². The Morgan fingerprint density at radius 2 is 1.83 bits per heavy atom. The molecule has 0 aliphatic carbocycles. The lowest BCUT2D eigenvalue weighted by atomic mass is 10.1. The van der Waals surface area contributed by atoms with Crippen molar-refractivity contribution in [1.82, 2.24) is 14.7 Å². The van der Waals surface area contributed by atoms with E-state index in [1.54, 1.807) is 34.2 Å². The van der Waals surface area contributed by atoms with E-state index in [1.807, 2.05) is 79.2 Å². The Morgan fingerprint density at radius 1 is 1.07 bits per heavy atom. The molecule has 4 rings (SSSR count). The van der Waals surface area contributed by atoms with E-state index in [1.165, 1.54) is 0 Å². The van der Waals surface area contributed by atoms with Gasteiger partial charge in [-0.2, -0.15) is 5.10 Å². The van der Waals surface area contributed by atoms with Gasteiger partial charge in [0, 0.05) is 23.7 Å². The van der Waals surface area contributed by atoms with Crippen LogP contribution in [0.1, 0.15) is 15.2 Å². The van der Waals surface area contributed by atoms with Crippen molar-refractivity contribution in [2.75, 3.05) is 14.2 Å². The SMILES string of the molecule is COc1ccccc1-c1nn(-c2ccccc2)cc1C(=O)N(C)Cc1cccs1. The Kier molecular flexibility index (Phi) is 5.44. The first-order valence-corrected chi connectivity index (χ1v) is 10.1. The number of carbonyl (C=O) groups excluding carboxylic acids is 1. The molecule has 2 aromatic carbocycles. The number of thiophene rings is 1. The highest BCUT2D eigenvalue weighted by Gasteiger charge is 2.23. The summed E-state index contributed by atoms with van der Waals surface area (Å²) in [6, 6.07) is 21.4. The summed E-state index contributed by atoms with van der Waals surface area (Å²) in [6.07, 6.45) is 1.80. The number of methoxy groups -OCH3 is 1. The van der Waals surface area contributed by atoms with E-state index in [2.05, 4.69) is 0 Å². The lowest BCUT2D eigenvalue weighted by Crippen LogP contribution is -2.26. The van der Waals surface area contributed by atoms with Gasteiger partial charge in [-0.15, -0.1) is 11.3 Å². The highest BCUT2D eigenvalue weighted by molar-refractivity contribution is 7.09. The van der Waals surface area contributed by atoms with Crippen molar-refractivity contribution >= 4 is 17.2 Å². The van der Waals surface area contributed by atoms with Gasteiger partial charge in [-0.25, -0.2) is 4.68 Å². The fraction of sp³-hybridized carbons (Fsp3) is 0.130. The number of hydrogen-bond acceptors (Lipinski definition) is 4. The van der Waals surface area contributed by atoms with Crippen molar-refractivity contribution in [1.29, 1.82) is 0 Å². The molecule has 4 aromatic rings. The fourth-order valence-corrected chi connectivity index (χ4v) is 3.95. The topological polar surface area (TPSA) is 47.4 Å². The average Bonchev–Trinajstić information content (AvgIpc) is 3.44. The molecule has 0 fully saturated rings. The number of ether oxygens (including phenoxy) is 1. The van der Waals surface area contributed by atoms with Gasteiger partial charge in [-0.3, -0.25) is 4.79 Å². The van der Waals surface area contributed by atoms with Gasteiger partial charge >= 0.3 is 0 Å². The van der Waals surface area contributed by atoms with Crippen molar-refractivity contribution in [3.05, 3.63) is 88.7 Å². The molecule has 1 amide bonds. The molecule has 6 heteroatoms. The van der Waals surface area contributed by atoms with Crippen LogP contribution in [0.3, 0.4) is 0 Å². The summed E-state index contributed by atoms with van der Waals surface area (Å²) in [7, 11) is 3.44. The van der Waals surface area contributed by atoms with Crippen molar-refractivity contribution in [2.45, 2.75) is 6.54 Å². The summed E-state index contributed by atoms with van der Waals surface area (Å²) in [6.45, 7) is 0.554. The van der Waals surface area contributed by atoms with E-state index >= 15 is 0 Å². The third-order valence-electron chi connectivity index (χ3n) is 4.65. The Bertz CT molecular complexity index is 1100. The summed E-state index contributed by atoms with van der Waals surface area (Å²) < 4.78 is 7.27. The van der Waals surface area contributed by atoms with Gasteiger partial charge in [0.1, 0.15) is 11.4 Å². The van der Waals surface area contributed by atoms with Crippen LogP contribution in [0.5, 0.6) is 5.75 Å². The normalized spacial score (nSPS) is 10.7. The molecule has 146 valence electrons. The van der Waals surface area contributed by atoms with Crippen molar-refractivity contribution in [2.24, 2.45) is 0 Å². The highest BCUT2D eigenvalue weighted by atomic mass is 32.1. The van der Waals surface area contributed by atoms with Crippen LogP contribution >= 0.6 is 11.3 Å². The van der Waals surface area contributed by atoms with E-state index in [9.17, 15) is 4.79 Å². The summed E-state index contributed by atoms with van der Waals surface area (Å²) in [4.78, 5) is 16.2. The first kappa shape index (κ1) is 19.0. The van der Waals surface area contributed by atoms with Gasteiger partial charge in [0.05, 0.1) is 24.9 Å². The number of nitrogens with zero attached hydrogens (tertiary/aromatic N) is 3. The fourth-order valence-electron chi connectivity index (χ4n) is 3.20. The first-order valence-electron chi connectivity index (χ1n) is 9.23. The first-order chi connectivity index (χ1) is 14.2. The molecule has 0 spiro atoms. The molecule has 0 aliphatic heterocycles. The molecule has 2 aromatic heterocycles. The van der Waals surface area contributed by atoms with Gasteiger partial charge in [0.2, 0.25) is 0 Å². The van der Waals surface area contributed by atoms with Crippen molar-refractivity contribution < 1.29 is 9.53 Å². The van der Waals surface area contributed by atoms with Crippen molar-refractivity contribution in [3.8, 4) is 22.7 Å². The Morgan fingerprint density at radius 3 is 2.55 bits per heavy atom. The molecule has 0 saturated heterocycles. The zero-order valence-electron chi connectivity index (χ0n) is 16.3. The largest absolute Gasteiger partial charge is 0.496 e. The lowest BCUT2D eigenvalue weighted by molar-refractivity contribution is 0.0787. The number of aromatic nitrogens is 2. The number of hydrogen-bond donors (Lipinski definition) is 0. The summed E-state index contributed by atoms with van der Waals surface area (Å²) >= 11 is 1.64. The summed E-state index contributed by atoms with van der Waals surface area (Å²) in [5.41, 5.74) is 2.83. The van der Waals surface area contributed by atoms with Crippen LogP contribution < -0.4 is 4.74 Å². The van der Waals surface area contributed by atoms with Gasteiger partial charge in [-0.1, -0.05) is 36.4 Å². The van der Waals surface area contributed by atoms with Gasteiger partial charge in [0.25, 0.3) is 5.91 Å². The van der Waals surface area contributed by atoms with Crippen LogP contribution in [0.2, 0.25) is 0 Å². The molecule has 0 atom stereocenters. The Labute approximate surface area is 173 Å². The summed E-state index contributed by atoms with van der Waals surface area (Å²) in [5, 5.41) is 6.77. The molecule has 0 bridgehead atoms. The number of carbonyl (C=O) groups is 1. The Balaban J connectivity index is 1.78. The molecule has 5 nitrogen and oxygen atoms in total. The number of para-hydroxylation sites is 2. The molecule has 0 radical (unpaired) electrons. The van der Waals surface area contributed by atoms with E-state index in [0.29, 0.717) is 23.6 Å². The van der Waals surface area contributed by atoms with Gasteiger partial charge in [0.15, 0.2) is 0 Å². The lowest BCUT2D eigenvalue weighted by Gasteiger charge is -2.16. The monoisotopic (exact) mass is 403 g/mol. The van der Waals surface area contributed by atoms with Crippen LogP contribution in [-0.4, -0.2) is 34.7 Å². The minimum atomic E-state index is -0.0820. The van der Waals surface area contributed by atoms with E-state index in [0.717, 1.165) is 16.1 Å². The standard InChI is InChI=1S/C23H21N3O2S/c1-25(15-18-11-8-14-29-18)23(27)20-16-26(17-9-4-3-5-10-17)24-22(20)19-12-6-7-13-21(19)28-2/h3-14,16H,15H2,1-2H3. The van der Waals surface area contributed by atoms with Crippen LogP contribution in [0, 0.1) is 0 Å². The molecule has 2 heterocycles. The average molecular weight is 404 g/mol. The molecular formula is C23H21N3O2S. The molecular weight excluding hydrogens is 382 g/mol. The van der Waals surface area contributed by atoms with Crippen LogP contribution in [-0.2, 0) is 6.54 Å². The predicted molar refractivity (Wildman–Crippen MR) is 116 cm³/mol. The van der Waals surface area contributed by atoms with Gasteiger partial charge in [-0.05, 0) is 35.7 Å². The second-order valence-electron chi connectivity index (χ2n) is 6.61. The zero-order chi connectivity index (χ0) is 20.2. The van der Waals surface area contributed by atoms with Crippen LogP contribution in [0.4, 0.5) is 0 Å². The third-order valence-corrected chi connectivity index (χ3v) is 5.51. The maximum absolute atomic E-state index is 13.3. The van der Waals surface area contributed by atoms with Crippen LogP contribution in [0.15, 0.2) is 78.3 Å². The van der Waals surface area contributed by atoms with E-state index in [-0.39, 0.29) is 5.91 Å². The molecule has 0 unspecified atom stereocenters. The predicted octanol–water partition coefficient (Wildman–Crippen LogP) is 4.88. The second kappa shape index (κ2) is 8.32.